The molecule has 2 aromatic rings. The van der Waals surface area contributed by atoms with Crippen LogP contribution in [-0.2, 0) is 4.79 Å². The summed E-state index contributed by atoms with van der Waals surface area (Å²) in [5.41, 5.74) is 5.41. The summed E-state index contributed by atoms with van der Waals surface area (Å²) < 4.78 is 0. The summed E-state index contributed by atoms with van der Waals surface area (Å²) in [7, 11) is 0. The monoisotopic (exact) mass is 352 g/mol. The van der Waals surface area contributed by atoms with Crippen LogP contribution in [0.1, 0.15) is 12.5 Å². The molecule has 6 nitrogen and oxygen atoms in total. The molecule has 26 heavy (non-hydrogen) atoms. The fourth-order valence-corrected chi connectivity index (χ4v) is 2.95. The van der Waals surface area contributed by atoms with Gasteiger partial charge in [-0.3, -0.25) is 9.69 Å². The summed E-state index contributed by atoms with van der Waals surface area (Å²) in [6, 6.07) is 17.1. The highest BCUT2D eigenvalue weighted by Crippen LogP contribution is 2.15. The number of phenols is 1. The Hall–Kier alpha value is -2.86. The average Bonchev–Trinajstić information content (AvgIpc) is 2.68. The van der Waals surface area contributed by atoms with Crippen molar-refractivity contribution < 1.29 is 9.90 Å². The molecule has 136 valence electrons. The van der Waals surface area contributed by atoms with Crippen molar-refractivity contribution in [3.8, 4) is 5.75 Å². The standard InChI is InChI=1S/C20H24N4O2/c1-16(17-7-9-19(25)10-8-17)21-22-20(26)15-23-11-13-24(14-12-23)18-5-3-2-4-6-18/h2-10,25H,11-15H2,1H3,(H,22,26)/b21-16-. The zero-order valence-electron chi connectivity index (χ0n) is 14.9. The van der Waals surface area contributed by atoms with Crippen molar-refractivity contribution >= 4 is 17.3 Å². The SMILES string of the molecule is C/C(=N/NC(=O)CN1CCN(c2ccccc2)CC1)c1ccc(O)cc1. The number of carbonyl (C=O) groups excluding carboxylic acids is 1. The Morgan fingerprint density at radius 3 is 2.35 bits per heavy atom. The van der Waals surface area contributed by atoms with Gasteiger partial charge in [-0.1, -0.05) is 18.2 Å². The first-order chi connectivity index (χ1) is 12.6. The number of hydrogen-bond donors (Lipinski definition) is 2. The van der Waals surface area contributed by atoms with E-state index < -0.39 is 0 Å². The van der Waals surface area contributed by atoms with Gasteiger partial charge in [0.15, 0.2) is 0 Å². The van der Waals surface area contributed by atoms with Gasteiger partial charge >= 0.3 is 0 Å². The van der Waals surface area contributed by atoms with Gasteiger partial charge in [-0.15, -0.1) is 0 Å². The Bertz CT molecular complexity index is 751. The molecule has 0 aliphatic carbocycles. The Balaban J connectivity index is 1.45. The third kappa shape index (κ3) is 4.83. The predicted octanol–water partition coefficient (Wildman–Crippen LogP) is 2.05. The maximum absolute atomic E-state index is 12.1. The zero-order chi connectivity index (χ0) is 18.4. The van der Waals surface area contributed by atoms with E-state index in [2.05, 4.69) is 32.5 Å². The van der Waals surface area contributed by atoms with Crippen molar-refractivity contribution in [1.82, 2.24) is 10.3 Å². The normalized spacial score (nSPS) is 15.7. The molecular formula is C20H24N4O2. The van der Waals surface area contributed by atoms with E-state index in [1.807, 2.05) is 25.1 Å². The zero-order valence-corrected chi connectivity index (χ0v) is 14.9. The number of rotatable bonds is 5. The molecule has 0 aromatic heterocycles. The van der Waals surface area contributed by atoms with Crippen molar-refractivity contribution in [2.45, 2.75) is 6.92 Å². The maximum atomic E-state index is 12.1. The fourth-order valence-electron chi connectivity index (χ4n) is 2.95. The van der Waals surface area contributed by atoms with Gasteiger partial charge in [0.05, 0.1) is 12.3 Å². The molecule has 1 saturated heterocycles. The number of phenolic OH excluding ortho intramolecular Hbond substituents is 1. The number of para-hydroxylation sites is 1. The summed E-state index contributed by atoms with van der Waals surface area (Å²) in [6.45, 7) is 5.69. The van der Waals surface area contributed by atoms with Gasteiger partial charge in [0, 0.05) is 31.9 Å². The van der Waals surface area contributed by atoms with Crippen molar-refractivity contribution in [1.29, 1.82) is 0 Å². The molecule has 0 atom stereocenters. The van der Waals surface area contributed by atoms with Gasteiger partial charge in [-0.05, 0) is 48.9 Å². The summed E-state index contributed by atoms with van der Waals surface area (Å²) in [5, 5.41) is 13.5. The maximum Gasteiger partial charge on any atom is 0.254 e. The Labute approximate surface area is 153 Å². The highest BCUT2D eigenvalue weighted by molar-refractivity contribution is 5.99. The summed E-state index contributed by atoms with van der Waals surface area (Å²) >= 11 is 0. The highest BCUT2D eigenvalue weighted by Gasteiger charge is 2.18. The number of hydrogen-bond acceptors (Lipinski definition) is 5. The summed E-state index contributed by atoms with van der Waals surface area (Å²) in [6.07, 6.45) is 0. The molecule has 1 amide bonds. The van der Waals surface area contributed by atoms with Gasteiger partial charge in [0.1, 0.15) is 5.75 Å². The van der Waals surface area contributed by atoms with Crippen LogP contribution in [-0.4, -0.2) is 54.3 Å². The number of benzene rings is 2. The second-order valence-corrected chi connectivity index (χ2v) is 6.38. The molecule has 1 aliphatic heterocycles. The third-order valence-electron chi connectivity index (χ3n) is 4.49. The van der Waals surface area contributed by atoms with Gasteiger partial charge < -0.3 is 10.0 Å². The molecule has 6 heteroatoms. The van der Waals surface area contributed by atoms with E-state index in [0.717, 1.165) is 31.7 Å². The predicted molar refractivity (Wildman–Crippen MR) is 104 cm³/mol. The number of hydrazone groups is 1. The van der Waals surface area contributed by atoms with Gasteiger partial charge in [-0.2, -0.15) is 5.10 Å². The van der Waals surface area contributed by atoms with Crippen molar-refractivity contribution in [2.75, 3.05) is 37.6 Å². The van der Waals surface area contributed by atoms with Crippen LogP contribution in [0.5, 0.6) is 5.75 Å². The number of piperazine rings is 1. The van der Waals surface area contributed by atoms with Gasteiger partial charge in [0.25, 0.3) is 5.91 Å². The van der Waals surface area contributed by atoms with Crippen molar-refractivity contribution in [3.05, 3.63) is 60.2 Å². The molecule has 0 unspecified atom stereocenters. The molecular weight excluding hydrogens is 328 g/mol. The summed E-state index contributed by atoms with van der Waals surface area (Å²) in [4.78, 5) is 16.6. The average molecular weight is 352 g/mol. The van der Waals surface area contributed by atoms with E-state index in [1.54, 1.807) is 24.3 Å². The quantitative estimate of drug-likeness (QED) is 0.638. The molecule has 1 aliphatic rings. The topological polar surface area (TPSA) is 68.2 Å². The lowest BCUT2D eigenvalue weighted by Gasteiger charge is -2.35. The lowest BCUT2D eigenvalue weighted by Crippen LogP contribution is -2.49. The van der Waals surface area contributed by atoms with Crippen LogP contribution >= 0.6 is 0 Å². The van der Waals surface area contributed by atoms with Crippen molar-refractivity contribution in [2.24, 2.45) is 5.10 Å². The minimum absolute atomic E-state index is 0.115. The second kappa shape index (κ2) is 8.49. The number of aromatic hydroxyl groups is 1. The number of anilines is 1. The molecule has 3 rings (SSSR count). The fraction of sp³-hybridized carbons (Fsp3) is 0.300. The first-order valence-corrected chi connectivity index (χ1v) is 8.77. The summed E-state index contributed by atoms with van der Waals surface area (Å²) in [5.74, 6) is 0.0940. The molecule has 0 radical (unpaired) electrons. The molecule has 2 aromatic carbocycles. The Kier molecular flexibility index (Phi) is 5.86. The largest absolute Gasteiger partial charge is 0.508 e. The van der Waals surface area contributed by atoms with Crippen LogP contribution in [0.2, 0.25) is 0 Å². The molecule has 0 bridgehead atoms. The van der Waals surface area contributed by atoms with E-state index in [9.17, 15) is 9.90 Å². The highest BCUT2D eigenvalue weighted by atomic mass is 16.3. The van der Waals surface area contributed by atoms with Crippen LogP contribution in [0.4, 0.5) is 5.69 Å². The molecule has 1 fully saturated rings. The number of nitrogens with zero attached hydrogens (tertiary/aromatic N) is 3. The van der Waals surface area contributed by atoms with Crippen LogP contribution in [0.25, 0.3) is 0 Å². The van der Waals surface area contributed by atoms with E-state index in [4.69, 9.17) is 0 Å². The smallest absolute Gasteiger partial charge is 0.254 e. The second-order valence-electron chi connectivity index (χ2n) is 6.38. The van der Waals surface area contributed by atoms with Crippen LogP contribution in [0.15, 0.2) is 59.7 Å². The van der Waals surface area contributed by atoms with Gasteiger partial charge in [0.2, 0.25) is 0 Å². The van der Waals surface area contributed by atoms with E-state index in [-0.39, 0.29) is 11.7 Å². The minimum atomic E-state index is -0.115. The Morgan fingerprint density at radius 2 is 1.69 bits per heavy atom. The van der Waals surface area contributed by atoms with Crippen LogP contribution in [0.3, 0.4) is 0 Å². The first-order valence-electron chi connectivity index (χ1n) is 8.77. The third-order valence-corrected chi connectivity index (χ3v) is 4.49. The van der Waals surface area contributed by atoms with Crippen LogP contribution < -0.4 is 10.3 Å². The molecule has 0 saturated carbocycles. The molecule has 2 N–H and O–H groups in total. The van der Waals surface area contributed by atoms with Crippen LogP contribution in [0, 0.1) is 0 Å². The number of nitrogens with one attached hydrogen (secondary N) is 1. The van der Waals surface area contributed by atoms with Crippen molar-refractivity contribution in [3.63, 3.8) is 0 Å². The lowest BCUT2D eigenvalue weighted by molar-refractivity contribution is -0.122. The van der Waals surface area contributed by atoms with E-state index >= 15 is 0 Å². The number of amides is 1. The molecule has 1 heterocycles. The van der Waals surface area contributed by atoms with E-state index in [0.29, 0.717) is 12.3 Å². The first kappa shape index (κ1) is 17.9. The minimum Gasteiger partial charge on any atom is -0.508 e. The molecule has 0 spiro atoms. The van der Waals surface area contributed by atoms with E-state index in [1.165, 1.54) is 5.69 Å². The Morgan fingerprint density at radius 1 is 1.04 bits per heavy atom. The number of carbonyl (C=O) groups is 1. The van der Waals surface area contributed by atoms with Gasteiger partial charge in [-0.25, -0.2) is 5.43 Å². The lowest BCUT2D eigenvalue weighted by atomic mass is 10.1.